The Morgan fingerprint density at radius 3 is 2.46 bits per heavy atom. The molecule has 0 fully saturated rings. The minimum atomic E-state index is -3.78. The van der Waals surface area contributed by atoms with Gasteiger partial charge in [-0.25, -0.2) is 13.2 Å². The molecular formula is C26H23N3O7S. The molecule has 0 saturated heterocycles. The number of carbonyl (C=O) groups is 1. The van der Waals surface area contributed by atoms with E-state index in [2.05, 4.69) is 11.4 Å². The van der Waals surface area contributed by atoms with Crippen LogP contribution in [0.25, 0.3) is 22.3 Å². The van der Waals surface area contributed by atoms with E-state index in [1.54, 1.807) is 42.5 Å². The number of methoxy groups -OCH3 is 1. The summed E-state index contributed by atoms with van der Waals surface area (Å²) in [5.41, 5.74) is 2.59. The van der Waals surface area contributed by atoms with Crippen molar-refractivity contribution < 1.29 is 32.6 Å². The van der Waals surface area contributed by atoms with Crippen LogP contribution in [0, 0.1) is 11.3 Å². The summed E-state index contributed by atoms with van der Waals surface area (Å²) in [6, 6.07) is 18.7. The van der Waals surface area contributed by atoms with Crippen molar-refractivity contribution in [2.75, 3.05) is 36.1 Å². The number of benzene rings is 3. The Morgan fingerprint density at radius 1 is 1.14 bits per heavy atom. The van der Waals surface area contributed by atoms with Crippen molar-refractivity contribution in [1.29, 1.82) is 5.26 Å². The zero-order valence-corrected chi connectivity index (χ0v) is 20.7. The van der Waals surface area contributed by atoms with E-state index in [-0.39, 0.29) is 40.3 Å². The van der Waals surface area contributed by atoms with Gasteiger partial charge >= 0.3 is 5.97 Å². The number of aliphatic hydroxyl groups is 1. The third kappa shape index (κ3) is 5.20. The summed E-state index contributed by atoms with van der Waals surface area (Å²) in [7, 11) is -2.44. The van der Waals surface area contributed by atoms with Gasteiger partial charge in [-0.3, -0.25) is 4.31 Å². The van der Waals surface area contributed by atoms with E-state index >= 15 is 0 Å². The number of hydrogen-bond acceptors (Lipinski definition) is 8. The SMILES string of the molecule is COc1cc2c(C(=O)O)c(-c3ccc(Nc4cccc(C#N)c4)cc3)oc2cc1N(CCO)S(C)(=O)=O. The second kappa shape index (κ2) is 10.2. The van der Waals surface area contributed by atoms with Crippen LogP contribution in [0.1, 0.15) is 15.9 Å². The largest absolute Gasteiger partial charge is 0.495 e. The highest BCUT2D eigenvalue weighted by Gasteiger charge is 2.27. The van der Waals surface area contributed by atoms with Crippen LogP contribution >= 0.6 is 0 Å². The number of nitrogens with one attached hydrogen (secondary N) is 1. The fourth-order valence-corrected chi connectivity index (χ4v) is 4.89. The number of ether oxygens (including phenoxy) is 1. The number of aliphatic hydroxyl groups excluding tert-OH is 1. The summed E-state index contributed by atoms with van der Waals surface area (Å²) >= 11 is 0. The molecule has 11 heteroatoms. The van der Waals surface area contributed by atoms with Crippen LogP contribution in [0.3, 0.4) is 0 Å². The quantitative estimate of drug-likeness (QED) is 0.294. The maximum absolute atomic E-state index is 12.3. The number of furan rings is 1. The first-order valence-corrected chi connectivity index (χ1v) is 12.8. The van der Waals surface area contributed by atoms with Gasteiger partial charge in [0.15, 0.2) is 0 Å². The predicted octanol–water partition coefficient (Wildman–Crippen LogP) is 4.18. The first-order valence-electron chi connectivity index (χ1n) is 11.0. The van der Waals surface area contributed by atoms with E-state index in [0.29, 0.717) is 16.8 Å². The molecule has 4 rings (SSSR count). The number of carboxylic acid groups (broad SMARTS) is 1. The Morgan fingerprint density at radius 2 is 1.86 bits per heavy atom. The van der Waals surface area contributed by atoms with E-state index < -0.39 is 22.6 Å². The first kappa shape index (κ1) is 25.6. The molecule has 0 radical (unpaired) electrons. The van der Waals surface area contributed by atoms with Crippen LogP contribution in [-0.4, -0.2) is 51.1 Å². The molecule has 0 aliphatic heterocycles. The van der Waals surface area contributed by atoms with Crippen molar-refractivity contribution in [3.8, 4) is 23.1 Å². The van der Waals surface area contributed by atoms with Crippen molar-refractivity contribution in [3.05, 3.63) is 71.8 Å². The summed E-state index contributed by atoms with van der Waals surface area (Å²) in [5.74, 6) is -1.03. The zero-order valence-electron chi connectivity index (χ0n) is 19.9. The van der Waals surface area contributed by atoms with Gasteiger partial charge in [0.2, 0.25) is 10.0 Å². The number of carboxylic acids is 1. The summed E-state index contributed by atoms with van der Waals surface area (Å²) < 4.78 is 36.9. The molecule has 4 aromatic rings. The Kier molecular flexibility index (Phi) is 7.06. The molecule has 0 amide bonds. The summed E-state index contributed by atoms with van der Waals surface area (Å²) in [5, 5.41) is 31.9. The number of aromatic carboxylic acids is 1. The van der Waals surface area contributed by atoms with Crippen molar-refractivity contribution in [2.24, 2.45) is 0 Å². The molecule has 190 valence electrons. The molecule has 10 nitrogen and oxygen atoms in total. The maximum atomic E-state index is 12.3. The molecule has 0 unspecified atom stereocenters. The molecule has 3 N–H and O–H groups in total. The van der Waals surface area contributed by atoms with Crippen LogP contribution in [0.2, 0.25) is 0 Å². The monoisotopic (exact) mass is 521 g/mol. The number of nitriles is 1. The first-order chi connectivity index (χ1) is 17.7. The average molecular weight is 522 g/mol. The van der Waals surface area contributed by atoms with Crippen LogP contribution in [-0.2, 0) is 10.0 Å². The molecule has 3 aromatic carbocycles. The van der Waals surface area contributed by atoms with Gasteiger partial charge < -0.3 is 24.7 Å². The fraction of sp³-hybridized carbons (Fsp3) is 0.154. The number of hydrogen-bond donors (Lipinski definition) is 3. The van der Waals surface area contributed by atoms with Gasteiger partial charge in [-0.15, -0.1) is 0 Å². The van der Waals surface area contributed by atoms with Gasteiger partial charge in [-0.1, -0.05) is 6.07 Å². The lowest BCUT2D eigenvalue weighted by atomic mass is 10.0. The number of sulfonamides is 1. The maximum Gasteiger partial charge on any atom is 0.340 e. The van der Waals surface area contributed by atoms with Gasteiger partial charge in [-0.05, 0) is 48.5 Å². The van der Waals surface area contributed by atoms with Crippen molar-refractivity contribution in [3.63, 3.8) is 0 Å². The third-order valence-electron chi connectivity index (χ3n) is 5.60. The lowest BCUT2D eigenvalue weighted by Crippen LogP contribution is -2.32. The summed E-state index contributed by atoms with van der Waals surface area (Å²) in [4.78, 5) is 12.2. The van der Waals surface area contributed by atoms with E-state index in [4.69, 9.17) is 14.4 Å². The van der Waals surface area contributed by atoms with Crippen LogP contribution in [0.5, 0.6) is 5.75 Å². The van der Waals surface area contributed by atoms with E-state index in [0.717, 1.165) is 16.2 Å². The molecule has 1 heterocycles. The van der Waals surface area contributed by atoms with Crippen LogP contribution in [0.15, 0.2) is 65.1 Å². The van der Waals surface area contributed by atoms with Crippen LogP contribution < -0.4 is 14.4 Å². The molecule has 0 saturated carbocycles. The summed E-state index contributed by atoms with van der Waals surface area (Å²) in [6.45, 7) is -0.648. The van der Waals surface area contributed by atoms with Gasteiger partial charge in [-0.2, -0.15) is 5.26 Å². The van der Waals surface area contributed by atoms with Crippen LogP contribution in [0.4, 0.5) is 17.1 Å². The van der Waals surface area contributed by atoms with Gasteiger partial charge in [0.1, 0.15) is 22.7 Å². The Labute approximate surface area is 213 Å². The Balaban J connectivity index is 1.79. The molecule has 37 heavy (non-hydrogen) atoms. The molecule has 0 aliphatic carbocycles. The minimum absolute atomic E-state index is 0.0906. The number of rotatable bonds is 9. The number of fused-ring (bicyclic) bond motifs is 1. The Bertz CT molecular complexity index is 1620. The second-order valence-corrected chi connectivity index (χ2v) is 9.99. The van der Waals surface area contributed by atoms with Crippen molar-refractivity contribution in [2.45, 2.75) is 0 Å². The highest BCUT2D eigenvalue weighted by atomic mass is 32.2. The Hall–Kier alpha value is -4.53. The molecule has 1 aromatic heterocycles. The van der Waals surface area contributed by atoms with Crippen molar-refractivity contribution >= 4 is 44.0 Å². The molecule has 0 bridgehead atoms. The predicted molar refractivity (Wildman–Crippen MR) is 139 cm³/mol. The van der Waals surface area contributed by atoms with Crippen molar-refractivity contribution in [1.82, 2.24) is 0 Å². The second-order valence-electron chi connectivity index (χ2n) is 8.09. The normalized spacial score (nSPS) is 11.2. The van der Waals surface area contributed by atoms with E-state index in [1.807, 2.05) is 6.07 Å². The van der Waals surface area contributed by atoms with Gasteiger partial charge in [0.05, 0.1) is 43.8 Å². The van der Waals surface area contributed by atoms with E-state index in [1.165, 1.54) is 19.2 Å². The number of anilines is 3. The van der Waals surface area contributed by atoms with E-state index in [9.17, 15) is 23.4 Å². The van der Waals surface area contributed by atoms with Gasteiger partial charge in [0.25, 0.3) is 0 Å². The zero-order chi connectivity index (χ0) is 26.7. The molecule has 0 spiro atoms. The molecule has 0 aliphatic rings. The topological polar surface area (TPSA) is 153 Å². The highest BCUT2D eigenvalue weighted by Crippen LogP contribution is 2.41. The number of nitrogens with zero attached hydrogens (tertiary/aromatic N) is 2. The average Bonchev–Trinajstić information content (AvgIpc) is 3.25. The summed E-state index contributed by atoms with van der Waals surface area (Å²) in [6.07, 6.45) is 0.995. The van der Waals surface area contributed by atoms with Gasteiger partial charge in [0, 0.05) is 28.4 Å². The standard InChI is InChI=1S/C26H23N3O7S/c1-35-23-13-20-22(14-21(23)29(10-11-30)37(2,33)34)36-25(24(20)26(31)32)17-6-8-18(9-7-17)28-19-5-3-4-16(12-19)15-27/h3-9,12-14,28,30H,10-11H2,1-2H3,(H,31,32). The highest BCUT2D eigenvalue weighted by molar-refractivity contribution is 7.92. The minimum Gasteiger partial charge on any atom is -0.495 e. The fourth-order valence-electron chi connectivity index (χ4n) is 3.98. The lowest BCUT2D eigenvalue weighted by molar-refractivity contribution is 0.0699. The molecular weight excluding hydrogens is 498 g/mol. The molecule has 0 atom stereocenters. The smallest absolute Gasteiger partial charge is 0.340 e. The third-order valence-corrected chi connectivity index (χ3v) is 6.78. The lowest BCUT2D eigenvalue weighted by Gasteiger charge is -2.23.